The van der Waals surface area contributed by atoms with Crippen LogP contribution in [-0.4, -0.2) is 35.9 Å². The first kappa shape index (κ1) is 19.8. The van der Waals surface area contributed by atoms with Gasteiger partial charge in [-0.25, -0.2) is 0 Å². The third kappa shape index (κ3) is 4.55. The monoisotopic (exact) mass is 355 g/mol. The molecule has 0 amide bonds. The summed E-state index contributed by atoms with van der Waals surface area (Å²) in [6.45, 7) is 10.5. The molecule has 0 radical (unpaired) electrons. The van der Waals surface area contributed by atoms with Gasteiger partial charge in [0.05, 0.1) is 11.4 Å². The molecule has 2 rings (SSSR count). The fourth-order valence-electron chi connectivity index (χ4n) is 2.98. The number of likely N-dealkylation sites (N-methyl/N-ethyl adjacent to an activating group) is 1. The molecule has 2 unspecified atom stereocenters. The fourth-order valence-corrected chi connectivity index (χ4v) is 2.98. The lowest BCUT2D eigenvalue weighted by atomic mass is 10.0. The van der Waals surface area contributed by atoms with Gasteiger partial charge >= 0.3 is 0 Å². The molecule has 0 aromatic heterocycles. The molecule has 0 saturated carbocycles. The minimum absolute atomic E-state index is 0.0494. The topological polar surface area (TPSA) is 81.6 Å². The van der Waals surface area contributed by atoms with Crippen LogP contribution in [0.5, 0.6) is 5.75 Å². The van der Waals surface area contributed by atoms with Crippen LogP contribution in [-0.2, 0) is 0 Å². The van der Waals surface area contributed by atoms with Crippen LogP contribution in [0.15, 0.2) is 42.5 Å². The lowest BCUT2D eigenvalue weighted by molar-refractivity contribution is 0.0948. The molecule has 4 N–H and O–H groups in total. The third-order valence-electron chi connectivity index (χ3n) is 4.86. The second kappa shape index (κ2) is 8.72. The lowest BCUT2D eigenvalue weighted by Crippen LogP contribution is -2.42. The first-order valence-electron chi connectivity index (χ1n) is 9.07. The SMILES string of the molecule is CCN(CC)C(C)C(C)Oc1ccc(C(=O)c2ccc(N)c(N)c2)cc1. The highest BCUT2D eigenvalue weighted by atomic mass is 16.5. The molecule has 140 valence electrons. The summed E-state index contributed by atoms with van der Waals surface area (Å²) in [6.07, 6.45) is 0.0494. The van der Waals surface area contributed by atoms with Crippen molar-refractivity contribution in [1.82, 2.24) is 4.90 Å². The van der Waals surface area contributed by atoms with Gasteiger partial charge in [0.15, 0.2) is 5.78 Å². The van der Waals surface area contributed by atoms with Gasteiger partial charge in [-0.3, -0.25) is 9.69 Å². The van der Waals surface area contributed by atoms with Crippen LogP contribution in [0.2, 0.25) is 0 Å². The predicted molar refractivity (Wildman–Crippen MR) is 108 cm³/mol. The molecule has 2 aromatic rings. The van der Waals surface area contributed by atoms with E-state index in [1.807, 2.05) is 12.1 Å². The minimum Gasteiger partial charge on any atom is -0.489 e. The van der Waals surface area contributed by atoms with E-state index in [4.69, 9.17) is 16.2 Å². The van der Waals surface area contributed by atoms with Crippen LogP contribution in [0.4, 0.5) is 11.4 Å². The Morgan fingerprint density at radius 3 is 2.08 bits per heavy atom. The summed E-state index contributed by atoms with van der Waals surface area (Å²) < 4.78 is 6.05. The Morgan fingerprint density at radius 2 is 1.54 bits per heavy atom. The van der Waals surface area contributed by atoms with E-state index in [-0.39, 0.29) is 11.9 Å². The maximum atomic E-state index is 12.6. The largest absolute Gasteiger partial charge is 0.489 e. The summed E-state index contributed by atoms with van der Waals surface area (Å²) in [5, 5.41) is 0. The van der Waals surface area contributed by atoms with E-state index in [9.17, 15) is 4.79 Å². The van der Waals surface area contributed by atoms with Crippen molar-refractivity contribution in [1.29, 1.82) is 0 Å². The highest BCUT2D eigenvalue weighted by Gasteiger charge is 2.19. The predicted octanol–water partition coefficient (Wildman–Crippen LogP) is 3.58. The fraction of sp³-hybridized carbons (Fsp3) is 0.381. The van der Waals surface area contributed by atoms with Gasteiger partial charge in [-0.2, -0.15) is 0 Å². The van der Waals surface area contributed by atoms with Crippen LogP contribution in [0.25, 0.3) is 0 Å². The van der Waals surface area contributed by atoms with Crippen molar-refractivity contribution >= 4 is 17.2 Å². The first-order valence-corrected chi connectivity index (χ1v) is 9.07. The van der Waals surface area contributed by atoms with Crippen LogP contribution in [0, 0.1) is 0 Å². The Bertz CT molecular complexity index is 739. The van der Waals surface area contributed by atoms with Crippen molar-refractivity contribution < 1.29 is 9.53 Å². The molecule has 0 aliphatic heterocycles. The molecule has 0 bridgehead atoms. The van der Waals surface area contributed by atoms with Crippen LogP contribution in [0.3, 0.4) is 0 Å². The second-order valence-corrected chi connectivity index (χ2v) is 6.48. The Hall–Kier alpha value is -2.53. The van der Waals surface area contributed by atoms with E-state index >= 15 is 0 Å². The van der Waals surface area contributed by atoms with E-state index in [0.717, 1.165) is 18.8 Å². The van der Waals surface area contributed by atoms with Crippen molar-refractivity contribution in [3.05, 3.63) is 53.6 Å². The van der Waals surface area contributed by atoms with Crippen molar-refractivity contribution in [2.45, 2.75) is 39.8 Å². The number of anilines is 2. The highest BCUT2D eigenvalue weighted by Crippen LogP contribution is 2.21. The van der Waals surface area contributed by atoms with Crippen molar-refractivity contribution in [3.63, 3.8) is 0 Å². The number of ketones is 1. The molecule has 2 aromatic carbocycles. The molecular weight excluding hydrogens is 326 g/mol. The molecule has 26 heavy (non-hydrogen) atoms. The maximum Gasteiger partial charge on any atom is 0.193 e. The summed E-state index contributed by atoms with van der Waals surface area (Å²) in [5.74, 6) is 0.665. The second-order valence-electron chi connectivity index (χ2n) is 6.48. The average Bonchev–Trinajstić information content (AvgIpc) is 2.65. The number of benzene rings is 2. The number of carbonyl (C=O) groups excluding carboxylic acids is 1. The molecular formula is C21H29N3O2. The van der Waals surface area contributed by atoms with Gasteiger partial charge < -0.3 is 16.2 Å². The summed E-state index contributed by atoms with van der Waals surface area (Å²) in [5.41, 5.74) is 13.5. The summed E-state index contributed by atoms with van der Waals surface area (Å²) >= 11 is 0. The lowest BCUT2D eigenvalue weighted by Gasteiger charge is -2.31. The summed E-state index contributed by atoms with van der Waals surface area (Å²) in [6, 6.07) is 12.5. The normalized spacial score (nSPS) is 13.4. The van der Waals surface area contributed by atoms with E-state index < -0.39 is 0 Å². The van der Waals surface area contributed by atoms with E-state index in [1.165, 1.54) is 0 Å². The summed E-state index contributed by atoms with van der Waals surface area (Å²) in [4.78, 5) is 14.9. The maximum absolute atomic E-state index is 12.6. The Balaban J connectivity index is 2.07. The first-order chi connectivity index (χ1) is 12.4. The van der Waals surface area contributed by atoms with E-state index in [2.05, 4.69) is 32.6 Å². The van der Waals surface area contributed by atoms with Gasteiger partial charge in [0.1, 0.15) is 11.9 Å². The molecule has 0 aliphatic rings. The van der Waals surface area contributed by atoms with Crippen molar-refractivity contribution in [2.24, 2.45) is 0 Å². The van der Waals surface area contributed by atoms with Gasteiger partial charge in [0.25, 0.3) is 0 Å². The molecule has 0 heterocycles. The average molecular weight is 355 g/mol. The standard InChI is InChI=1S/C21H29N3O2/c1-5-24(6-2)14(3)15(4)26-18-10-7-16(8-11-18)21(25)17-9-12-19(22)20(23)13-17/h7-15H,5-6,22-23H2,1-4H3. The number of hydrogen-bond donors (Lipinski definition) is 2. The molecule has 0 fully saturated rings. The number of rotatable bonds is 8. The Labute approximate surface area is 155 Å². The van der Waals surface area contributed by atoms with Crippen molar-refractivity contribution in [2.75, 3.05) is 24.6 Å². The zero-order valence-corrected chi connectivity index (χ0v) is 16.0. The Kier molecular flexibility index (Phi) is 6.64. The minimum atomic E-state index is -0.0900. The molecule has 0 saturated heterocycles. The van der Waals surface area contributed by atoms with Crippen LogP contribution >= 0.6 is 0 Å². The number of nitrogens with zero attached hydrogens (tertiary/aromatic N) is 1. The van der Waals surface area contributed by atoms with Crippen molar-refractivity contribution in [3.8, 4) is 5.75 Å². The summed E-state index contributed by atoms with van der Waals surface area (Å²) in [7, 11) is 0. The number of nitrogens with two attached hydrogens (primary N) is 2. The highest BCUT2D eigenvalue weighted by molar-refractivity contribution is 6.09. The quantitative estimate of drug-likeness (QED) is 0.559. The Morgan fingerprint density at radius 1 is 0.962 bits per heavy atom. The molecule has 5 nitrogen and oxygen atoms in total. The van der Waals surface area contributed by atoms with Crippen LogP contribution < -0.4 is 16.2 Å². The molecule has 0 aliphatic carbocycles. The molecule has 0 spiro atoms. The van der Waals surface area contributed by atoms with Gasteiger partial charge in [-0.15, -0.1) is 0 Å². The third-order valence-corrected chi connectivity index (χ3v) is 4.86. The zero-order chi connectivity index (χ0) is 19.3. The van der Waals surface area contributed by atoms with Gasteiger partial charge in [0.2, 0.25) is 0 Å². The number of hydrogen-bond acceptors (Lipinski definition) is 5. The van der Waals surface area contributed by atoms with Gasteiger partial charge in [0, 0.05) is 17.2 Å². The van der Waals surface area contributed by atoms with E-state index in [1.54, 1.807) is 30.3 Å². The smallest absolute Gasteiger partial charge is 0.193 e. The van der Waals surface area contributed by atoms with Crippen LogP contribution in [0.1, 0.15) is 43.6 Å². The zero-order valence-electron chi connectivity index (χ0n) is 16.0. The van der Waals surface area contributed by atoms with Gasteiger partial charge in [-0.05, 0) is 69.4 Å². The van der Waals surface area contributed by atoms with Gasteiger partial charge in [-0.1, -0.05) is 13.8 Å². The molecule has 5 heteroatoms. The molecule has 2 atom stereocenters. The number of ether oxygens (including phenoxy) is 1. The number of nitrogen functional groups attached to an aromatic ring is 2. The van der Waals surface area contributed by atoms with E-state index in [0.29, 0.717) is 28.5 Å². The number of carbonyl (C=O) groups is 1.